The van der Waals surface area contributed by atoms with Crippen LogP contribution in [0, 0.1) is 17.3 Å². The number of hydrogen-bond acceptors (Lipinski definition) is 2. The van der Waals surface area contributed by atoms with E-state index in [0.29, 0.717) is 11.8 Å². The largest absolute Gasteiger partial charge is 0.461 e. The Balaban J connectivity index is 4.52. The third kappa shape index (κ3) is 4.54. The normalized spacial score (nSPS) is 12.6. The van der Waals surface area contributed by atoms with Crippen LogP contribution in [0.15, 0.2) is 0 Å². The fraction of sp³-hybridized carbons (Fsp3) is 0.929. The molecule has 0 atom stereocenters. The predicted octanol–water partition coefficient (Wildman–Crippen LogP) is 4.04. The summed E-state index contributed by atoms with van der Waals surface area (Å²) in [6, 6.07) is 0. The predicted molar refractivity (Wildman–Crippen MR) is 68.2 cm³/mol. The van der Waals surface area contributed by atoms with Gasteiger partial charge < -0.3 is 4.74 Å². The van der Waals surface area contributed by atoms with Gasteiger partial charge in [-0.3, -0.25) is 4.79 Å². The topological polar surface area (TPSA) is 26.3 Å². The van der Waals surface area contributed by atoms with Gasteiger partial charge in [-0.25, -0.2) is 0 Å². The number of carbonyl (C=O) groups excluding carboxylic acids is 1. The van der Waals surface area contributed by atoms with Crippen LogP contribution >= 0.6 is 0 Å². The Labute approximate surface area is 101 Å². The molecule has 0 spiro atoms. The van der Waals surface area contributed by atoms with Gasteiger partial charge in [0.25, 0.3) is 0 Å². The molecule has 0 aliphatic heterocycles. The van der Waals surface area contributed by atoms with Gasteiger partial charge in [-0.15, -0.1) is 0 Å². The van der Waals surface area contributed by atoms with E-state index in [0.717, 1.165) is 12.8 Å². The summed E-state index contributed by atoms with van der Waals surface area (Å²) in [5.41, 5.74) is -0.350. The fourth-order valence-electron chi connectivity index (χ4n) is 2.05. The van der Waals surface area contributed by atoms with E-state index in [1.807, 2.05) is 13.8 Å². The number of hydrogen-bond donors (Lipinski definition) is 0. The van der Waals surface area contributed by atoms with Crippen LogP contribution in [-0.2, 0) is 9.53 Å². The Morgan fingerprint density at radius 1 is 1.12 bits per heavy atom. The summed E-state index contributed by atoms with van der Waals surface area (Å²) < 4.78 is 5.65. The summed E-state index contributed by atoms with van der Waals surface area (Å²) in [5, 5.41) is 0. The van der Waals surface area contributed by atoms with Crippen molar-refractivity contribution in [2.24, 2.45) is 17.3 Å². The molecule has 96 valence electrons. The van der Waals surface area contributed by atoms with Crippen molar-refractivity contribution in [3.63, 3.8) is 0 Å². The van der Waals surface area contributed by atoms with E-state index in [2.05, 4.69) is 34.6 Å². The summed E-state index contributed by atoms with van der Waals surface area (Å²) in [6.07, 6.45) is 1.92. The highest BCUT2D eigenvalue weighted by molar-refractivity contribution is 5.76. The molecule has 0 unspecified atom stereocenters. The second-order valence-corrected chi connectivity index (χ2v) is 5.99. The minimum Gasteiger partial charge on any atom is -0.461 e. The number of esters is 1. The molecular weight excluding hydrogens is 200 g/mol. The monoisotopic (exact) mass is 228 g/mol. The highest BCUT2D eigenvalue weighted by Crippen LogP contribution is 2.27. The quantitative estimate of drug-likeness (QED) is 0.641. The van der Waals surface area contributed by atoms with Gasteiger partial charge in [0.2, 0.25) is 0 Å². The maximum absolute atomic E-state index is 12.1. The molecule has 0 fully saturated rings. The van der Waals surface area contributed by atoms with Crippen molar-refractivity contribution in [2.75, 3.05) is 0 Å². The molecule has 0 radical (unpaired) electrons. The molecule has 0 aromatic heterocycles. The number of rotatable bonds is 6. The van der Waals surface area contributed by atoms with Gasteiger partial charge in [-0.2, -0.15) is 0 Å². The Hall–Kier alpha value is -0.530. The van der Waals surface area contributed by atoms with Gasteiger partial charge >= 0.3 is 5.97 Å². The first kappa shape index (κ1) is 15.5. The second kappa shape index (κ2) is 6.27. The van der Waals surface area contributed by atoms with Crippen LogP contribution in [0.2, 0.25) is 0 Å². The third-order valence-electron chi connectivity index (χ3n) is 2.98. The molecule has 0 bridgehead atoms. The number of carbonyl (C=O) groups is 1. The van der Waals surface area contributed by atoms with E-state index >= 15 is 0 Å². The van der Waals surface area contributed by atoms with Crippen molar-refractivity contribution in [3.05, 3.63) is 0 Å². The van der Waals surface area contributed by atoms with E-state index < -0.39 is 0 Å². The van der Waals surface area contributed by atoms with Crippen molar-refractivity contribution >= 4 is 5.97 Å². The molecule has 0 N–H and O–H groups in total. The third-order valence-corrected chi connectivity index (χ3v) is 2.98. The van der Waals surface area contributed by atoms with Crippen LogP contribution in [0.4, 0.5) is 0 Å². The maximum Gasteiger partial charge on any atom is 0.311 e. The van der Waals surface area contributed by atoms with Crippen LogP contribution < -0.4 is 0 Å². The first-order valence-corrected chi connectivity index (χ1v) is 6.43. The first-order chi connectivity index (χ1) is 7.22. The van der Waals surface area contributed by atoms with E-state index in [1.54, 1.807) is 0 Å². The van der Waals surface area contributed by atoms with Gasteiger partial charge in [0.05, 0.1) is 5.41 Å². The molecule has 16 heavy (non-hydrogen) atoms. The van der Waals surface area contributed by atoms with E-state index in [9.17, 15) is 4.79 Å². The summed E-state index contributed by atoms with van der Waals surface area (Å²) in [7, 11) is 0. The molecule has 0 aromatic carbocycles. The molecule has 0 saturated heterocycles. The van der Waals surface area contributed by atoms with Gasteiger partial charge in [-0.1, -0.05) is 41.0 Å². The molecule has 0 heterocycles. The van der Waals surface area contributed by atoms with Gasteiger partial charge in [-0.05, 0) is 32.1 Å². The van der Waals surface area contributed by atoms with E-state index in [1.165, 1.54) is 0 Å². The van der Waals surface area contributed by atoms with Crippen LogP contribution in [0.25, 0.3) is 0 Å². The zero-order chi connectivity index (χ0) is 12.9. The first-order valence-electron chi connectivity index (χ1n) is 6.43. The molecular formula is C14H28O2. The molecule has 2 nitrogen and oxygen atoms in total. The summed E-state index contributed by atoms with van der Waals surface area (Å²) in [4.78, 5) is 12.1. The molecule has 0 aromatic rings. The van der Waals surface area contributed by atoms with Gasteiger partial charge in [0.1, 0.15) is 6.10 Å². The summed E-state index contributed by atoms with van der Waals surface area (Å²) >= 11 is 0. The van der Waals surface area contributed by atoms with Crippen molar-refractivity contribution in [2.45, 2.75) is 67.4 Å². The molecule has 2 heteroatoms. The molecule has 0 amide bonds. The Bertz CT molecular complexity index is 209. The van der Waals surface area contributed by atoms with Gasteiger partial charge in [0.15, 0.2) is 0 Å². The highest BCUT2D eigenvalue weighted by Gasteiger charge is 2.32. The minimum atomic E-state index is -0.350. The lowest BCUT2D eigenvalue weighted by molar-refractivity contribution is -0.165. The van der Waals surface area contributed by atoms with E-state index in [4.69, 9.17) is 4.74 Å². The summed E-state index contributed by atoms with van der Waals surface area (Å²) in [5.74, 6) is 0.699. The van der Waals surface area contributed by atoms with Crippen molar-refractivity contribution in [3.8, 4) is 0 Å². The standard InChI is InChI=1S/C14H28O2/c1-8-9-14(6,7)13(15)16-12(10(2)3)11(4)5/h10-12H,8-9H2,1-7H3. The van der Waals surface area contributed by atoms with Gasteiger partial charge in [0, 0.05) is 0 Å². The maximum atomic E-state index is 12.1. The Morgan fingerprint density at radius 2 is 1.56 bits per heavy atom. The van der Waals surface area contributed by atoms with Crippen molar-refractivity contribution in [1.82, 2.24) is 0 Å². The number of ether oxygens (including phenoxy) is 1. The SMILES string of the molecule is CCCC(C)(C)C(=O)OC(C(C)C)C(C)C. The summed E-state index contributed by atoms with van der Waals surface area (Å²) in [6.45, 7) is 14.4. The molecule has 0 rings (SSSR count). The zero-order valence-electron chi connectivity index (χ0n) is 12.0. The minimum absolute atomic E-state index is 0.0311. The smallest absolute Gasteiger partial charge is 0.311 e. The lowest BCUT2D eigenvalue weighted by atomic mass is 9.87. The zero-order valence-corrected chi connectivity index (χ0v) is 12.0. The van der Waals surface area contributed by atoms with Crippen LogP contribution in [-0.4, -0.2) is 12.1 Å². The lowest BCUT2D eigenvalue weighted by Gasteiger charge is -2.30. The second-order valence-electron chi connectivity index (χ2n) is 5.99. The Morgan fingerprint density at radius 3 is 1.88 bits per heavy atom. The van der Waals surface area contributed by atoms with Crippen molar-refractivity contribution < 1.29 is 9.53 Å². The Kier molecular flexibility index (Phi) is 6.06. The molecule has 0 aliphatic carbocycles. The fourth-order valence-corrected chi connectivity index (χ4v) is 2.05. The average molecular weight is 228 g/mol. The average Bonchev–Trinajstić information content (AvgIpc) is 2.12. The van der Waals surface area contributed by atoms with Crippen LogP contribution in [0.5, 0.6) is 0 Å². The molecule has 0 aliphatic rings. The molecule has 0 saturated carbocycles. The van der Waals surface area contributed by atoms with Crippen LogP contribution in [0.1, 0.15) is 61.3 Å². The van der Waals surface area contributed by atoms with E-state index in [-0.39, 0.29) is 17.5 Å². The lowest BCUT2D eigenvalue weighted by Crippen LogP contribution is -2.35. The highest BCUT2D eigenvalue weighted by atomic mass is 16.5. The van der Waals surface area contributed by atoms with Crippen LogP contribution in [0.3, 0.4) is 0 Å². The van der Waals surface area contributed by atoms with Crippen molar-refractivity contribution in [1.29, 1.82) is 0 Å².